The number of aryl methyl sites for hydroxylation is 1. The fourth-order valence-corrected chi connectivity index (χ4v) is 4.26. The van der Waals surface area contributed by atoms with Gasteiger partial charge in [-0.2, -0.15) is 0 Å². The Morgan fingerprint density at radius 3 is 2.43 bits per heavy atom. The summed E-state index contributed by atoms with van der Waals surface area (Å²) in [5.74, 6) is 0.111. The Labute approximate surface area is 134 Å². The van der Waals surface area contributed by atoms with E-state index in [4.69, 9.17) is 0 Å². The lowest BCUT2D eigenvalue weighted by Crippen LogP contribution is -2.35. The normalized spacial score (nSPS) is 28.2. The molecule has 0 heterocycles. The molecule has 3 rings (SSSR count). The number of hydrogen-bond acceptors (Lipinski definition) is 2. The summed E-state index contributed by atoms with van der Waals surface area (Å²) in [6.45, 7) is 2.16. The highest BCUT2D eigenvalue weighted by Crippen LogP contribution is 2.44. The maximum Gasteiger partial charge on any atom is 0.150 e. The van der Waals surface area contributed by atoms with Crippen LogP contribution in [0.2, 0.25) is 0 Å². The third kappa shape index (κ3) is 2.73. The van der Waals surface area contributed by atoms with Crippen molar-refractivity contribution in [3.05, 3.63) is 33.8 Å². The van der Waals surface area contributed by atoms with E-state index in [2.05, 4.69) is 28.9 Å². The minimum Gasteiger partial charge on any atom is -0.298 e. The molecule has 0 amide bonds. The molecule has 2 bridgehead atoms. The maximum atomic E-state index is 12.7. The van der Waals surface area contributed by atoms with Gasteiger partial charge in [0.15, 0.2) is 11.6 Å². The van der Waals surface area contributed by atoms with Crippen LogP contribution < -0.4 is 0 Å². The third-order valence-corrected chi connectivity index (χ3v) is 5.52. The van der Waals surface area contributed by atoms with Gasteiger partial charge in [0.2, 0.25) is 0 Å². The Kier molecular flexibility index (Phi) is 4.30. The topological polar surface area (TPSA) is 34.1 Å². The number of benzene rings is 1. The highest BCUT2D eigenvalue weighted by Gasteiger charge is 2.47. The summed E-state index contributed by atoms with van der Waals surface area (Å²) in [7, 11) is 0. The van der Waals surface area contributed by atoms with Crippen molar-refractivity contribution in [1.29, 1.82) is 0 Å². The third-order valence-electron chi connectivity index (χ3n) is 5.02. The van der Waals surface area contributed by atoms with Gasteiger partial charge in [0, 0.05) is 16.3 Å². The molecule has 0 saturated heterocycles. The number of ketones is 2. The molecule has 0 radical (unpaired) electrons. The van der Waals surface area contributed by atoms with E-state index in [0.717, 1.165) is 48.6 Å². The summed E-state index contributed by atoms with van der Waals surface area (Å²) in [5.41, 5.74) is 2.14. The average molecular weight is 349 g/mol. The van der Waals surface area contributed by atoms with Crippen molar-refractivity contribution >= 4 is 27.5 Å². The molecule has 1 aromatic carbocycles. The minimum absolute atomic E-state index is 0.125. The summed E-state index contributed by atoms with van der Waals surface area (Å²) in [6.07, 6.45) is 5.76. The molecule has 0 aliphatic heterocycles. The van der Waals surface area contributed by atoms with Gasteiger partial charge in [-0.05, 0) is 55.4 Å². The van der Waals surface area contributed by atoms with E-state index in [1.807, 2.05) is 12.1 Å². The molecular weight excluding hydrogens is 328 g/mol. The molecule has 112 valence electrons. The van der Waals surface area contributed by atoms with Gasteiger partial charge in [0.25, 0.3) is 0 Å². The van der Waals surface area contributed by atoms with Crippen LogP contribution in [0.4, 0.5) is 0 Å². The van der Waals surface area contributed by atoms with Crippen molar-refractivity contribution in [1.82, 2.24) is 0 Å². The molecule has 1 aromatic rings. The highest BCUT2D eigenvalue weighted by molar-refractivity contribution is 9.10. The lowest BCUT2D eigenvalue weighted by atomic mass is 9.74. The van der Waals surface area contributed by atoms with Gasteiger partial charge in [-0.1, -0.05) is 35.3 Å². The molecule has 0 spiro atoms. The Balaban J connectivity index is 1.98. The van der Waals surface area contributed by atoms with E-state index in [0.29, 0.717) is 0 Å². The van der Waals surface area contributed by atoms with Gasteiger partial charge in [-0.15, -0.1) is 0 Å². The van der Waals surface area contributed by atoms with Crippen LogP contribution in [0.5, 0.6) is 0 Å². The quantitative estimate of drug-likeness (QED) is 0.753. The Morgan fingerprint density at radius 1 is 1.14 bits per heavy atom. The van der Waals surface area contributed by atoms with E-state index in [-0.39, 0.29) is 23.4 Å². The number of Topliss-reactive ketones (excluding diaryl/α,β-unsaturated/α-hetero) is 2. The predicted octanol–water partition coefficient (Wildman–Crippen LogP) is 4.44. The van der Waals surface area contributed by atoms with Gasteiger partial charge in [-0.3, -0.25) is 9.59 Å². The van der Waals surface area contributed by atoms with E-state index >= 15 is 0 Å². The SMILES string of the molecule is CCCCc1cc(Br)ccc1C1C(=O)C2CCC(C2)C1=O. The summed E-state index contributed by atoms with van der Waals surface area (Å²) >= 11 is 3.51. The van der Waals surface area contributed by atoms with Gasteiger partial charge in [0.05, 0.1) is 0 Å². The summed E-state index contributed by atoms with van der Waals surface area (Å²) in [6, 6.07) is 6.03. The fraction of sp³-hybridized carbons (Fsp3) is 0.556. The molecule has 3 heteroatoms. The van der Waals surface area contributed by atoms with Crippen LogP contribution in [0.25, 0.3) is 0 Å². The average Bonchev–Trinajstić information content (AvgIpc) is 2.92. The first-order valence-electron chi connectivity index (χ1n) is 7.97. The highest BCUT2D eigenvalue weighted by atomic mass is 79.9. The van der Waals surface area contributed by atoms with Gasteiger partial charge >= 0.3 is 0 Å². The monoisotopic (exact) mass is 348 g/mol. The van der Waals surface area contributed by atoms with Crippen molar-refractivity contribution < 1.29 is 9.59 Å². The first kappa shape index (κ1) is 15.0. The van der Waals surface area contributed by atoms with Crippen molar-refractivity contribution in [3.63, 3.8) is 0 Å². The zero-order valence-electron chi connectivity index (χ0n) is 12.4. The standard InChI is InChI=1S/C18H21BrO2/c1-2-3-4-11-10-14(19)7-8-15(11)16-17(20)12-5-6-13(9-12)18(16)21/h7-8,10,12-13,16H,2-6,9H2,1H3. The van der Waals surface area contributed by atoms with Crippen LogP contribution in [-0.2, 0) is 16.0 Å². The smallest absolute Gasteiger partial charge is 0.150 e. The fourth-order valence-electron chi connectivity index (χ4n) is 3.86. The summed E-state index contributed by atoms with van der Waals surface area (Å²) < 4.78 is 1.02. The lowest BCUT2D eigenvalue weighted by Gasteiger charge is -2.27. The van der Waals surface area contributed by atoms with E-state index in [1.54, 1.807) is 0 Å². The van der Waals surface area contributed by atoms with E-state index < -0.39 is 5.92 Å². The van der Waals surface area contributed by atoms with E-state index in [9.17, 15) is 9.59 Å². The molecule has 2 nitrogen and oxygen atoms in total. The summed E-state index contributed by atoms with van der Waals surface area (Å²) in [4.78, 5) is 25.3. The van der Waals surface area contributed by atoms with E-state index in [1.165, 1.54) is 5.56 Å². The van der Waals surface area contributed by atoms with Gasteiger partial charge < -0.3 is 0 Å². The number of unbranched alkanes of at least 4 members (excludes halogenated alkanes) is 1. The zero-order valence-corrected chi connectivity index (χ0v) is 14.0. The first-order chi connectivity index (χ1) is 10.1. The molecule has 21 heavy (non-hydrogen) atoms. The number of rotatable bonds is 4. The lowest BCUT2D eigenvalue weighted by molar-refractivity contribution is -0.135. The number of carbonyl (C=O) groups excluding carboxylic acids is 2. The van der Waals surface area contributed by atoms with Crippen molar-refractivity contribution in [2.75, 3.05) is 0 Å². The van der Waals surface area contributed by atoms with Crippen molar-refractivity contribution in [2.45, 2.75) is 51.4 Å². The molecular formula is C18H21BrO2. The maximum absolute atomic E-state index is 12.7. The van der Waals surface area contributed by atoms with Crippen LogP contribution in [-0.4, -0.2) is 11.6 Å². The number of fused-ring (bicyclic) bond motifs is 2. The Morgan fingerprint density at radius 2 is 1.81 bits per heavy atom. The molecule has 2 fully saturated rings. The number of halogens is 1. The Bertz CT molecular complexity index is 557. The largest absolute Gasteiger partial charge is 0.298 e. The minimum atomic E-state index is -0.490. The zero-order chi connectivity index (χ0) is 15.0. The Hall–Kier alpha value is -0.960. The van der Waals surface area contributed by atoms with Crippen molar-refractivity contribution in [3.8, 4) is 0 Å². The molecule has 2 saturated carbocycles. The van der Waals surface area contributed by atoms with Crippen molar-refractivity contribution in [2.24, 2.45) is 11.8 Å². The van der Waals surface area contributed by atoms with Crippen LogP contribution in [0.3, 0.4) is 0 Å². The van der Waals surface area contributed by atoms with Gasteiger partial charge in [0.1, 0.15) is 5.92 Å². The van der Waals surface area contributed by atoms with Crippen LogP contribution in [0, 0.1) is 11.8 Å². The van der Waals surface area contributed by atoms with Crippen LogP contribution in [0.1, 0.15) is 56.1 Å². The molecule has 0 aromatic heterocycles. The molecule has 2 atom stereocenters. The van der Waals surface area contributed by atoms with Crippen LogP contribution in [0.15, 0.2) is 22.7 Å². The number of carbonyl (C=O) groups is 2. The second-order valence-electron chi connectivity index (χ2n) is 6.39. The summed E-state index contributed by atoms with van der Waals surface area (Å²) in [5, 5.41) is 0. The first-order valence-corrected chi connectivity index (χ1v) is 8.77. The molecule has 2 unspecified atom stereocenters. The number of hydrogen-bond donors (Lipinski definition) is 0. The molecule has 0 N–H and O–H groups in total. The van der Waals surface area contributed by atoms with Crippen LogP contribution >= 0.6 is 15.9 Å². The predicted molar refractivity (Wildman–Crippen MR) is 86.3 cm³/mol. The second-order valence-corrected chi connectivity index (χ2v) is 7.31. The second kappa shape index (κ2) is 6.04. The van der Waals surface area contributed by atoms with Gasteiger partial charge in [-0.25, -0.2) is 0 Å². The molecule has 2 aliphatic rings. The molecule has 2 aliphatic carbocycles.